The maximum atomic E-state index is 15.5. The van der Waals surface area contributed by atoms with Crippen molar-refractivity contribution in [2.45, 2.75) is 48.7 Å². The van der Waals surface area contributed by atoms with Crippen molar-refractivity contribution in [1.29, 1.82) is 0 Å². The van der Waals surface area contributed by atoms with Gasteiger partial charge in [-0.05, 0) is 53.3 Å². The van der Waals surface area contributed by atoms with Gasteiger partial charge in [0.15, 0.2) is 0 Å². The SMILES string of the molecule is C=IC(F)(I)c1cnc(-c2cnc(C(F)(F)I)nc2)cc1CNC(=O)[C@@H]1C[C@@H](F)[C@H](C)N1S(=O)(=O)c1ccc(Cl)nc1. The number of aromatic nitrogens is 4. The Labute approximate surface area is 280 Å². The van der Waals surface area contributed by atoms with Crippen molar-refractivity contribution in [1.82, 2.24) is 29.6 Å². The van der Waals surface area contributed by atoms with Gasteiger partial charge < -0.3 is 5.32 Å². The van der Waals surface area contributed by atoms with Crippen LogP contribution in [0, 0.1) is 0 Å². The van der Waals surface area contributed by atoms with Gasteiger partial charge in [-0.1, -0.05) is 36.8 Å². The Kier molecular flexibility index (Phi) is 10.5. The van der Waals surface area contributed by atoms with Crippen molar-refractivity contribution in [2.75, 3.05) is 0 Å². The van der Waals surface area contributed by atoms with E-state index in [2.05, 4.69) is 29.8 Å². The molecule has 1 aliphatic rings. The molecule has 42 heavy (non-hydrogen) atoms. The molecule has 4 atom stereocenters. The summed E-state index contributed by atoms with van der Waals surface area (Å²) in [5, 5.41) is 2.66. The Hall–Kier alpha value is -1.17. The molecule has 0 aromatic carbocycles. The second-order valence-electron chi connectivity index (χ2n) is 9.03. The van der Waals surface area contributed by atoms with Gasteiger partial charge in [0.2, 0.25) is 23.4 Å². The van der Waals surface area contributed by atoms with Crippen LogP contribution in [-0.2, 0) is 27.0 Å². The first-order chi connectivity index (χ1) is 19.6. The van der Waals surface area contributed by atoms with Crippen molar-refractivity contribution in [3.63, 3.8) is 0 Å². The van der Waals surface area contributed by atoms with Gasteiger partial charge in [0.25, 0.3) is 0 Å². The minimum absolute atomic E-state index is 0.0583. The molecule has 1 fully saturated rings. The molecule has 3 aromatic rings. The minimum atomic E-state index is -4.34. The summed E-state index contributed by atoms with van der Waals surface area (Å²) in [6, 6.07) is 1.39. The van der Waals surface area contributed by atoms with Crippen LogP contribution in [0.4, 0.5) is 17.6 Å². The van der Waals surface area contributed by atoms with Gasteiger partial charge in [-0.2, -0.15) is 13.1 Å². The molecule has 9 nitrogen and oxygen atoms in total. The largest absolute Gasteiger partial charge is 0.354 e. The average Bonchev–Trinajstić information content (AvgIpc) is 3.26. The van der Waals surface area contributed by atoms with Gasteiger partial charge in [0.05, 0.1) is 11.7 Å². The lowest BCUT2D eigenvalue weighted by Gasteiger charge is -2.27. The first-order valence-electron chi connectivity index (χ1n) is 11.8. The van der Waals surface area contributed by atoms with E-state index < -0.39 is 72.8 Å². The highest BCUT2D eigenvalue weighted by molar-refractivity contribution is 14.2. The molecule has 1 unspecified atom stereocenters. The number of nitrogens with zero attached hydrogens (tertiary/aromatic N) is 5. The van der Waals surface area contributed by atoms with Crippen molar-refractivity contribution in [3.05, 3.63) is 65.1 Å². The average molecular weight is 965 g/mol. The third kappa shape index (κ3) is 7.20. The second-order valence-corrected chi connectivity index (χ2v) is 18.4. The lowest BCUT2D eigenvalue weighted by molar-refractivity contribution is -0.124. The van der Waals surface area contributed by atoms with Gasteiger partial charge in [0, 0.05) is 71.5 Å². The van der Waals surface area contributed by atoms with Crippen LogP contribution in [0.1, 0.15) is 30.3 Å². The predicted molar refractivity (Wildman–Crippen MR) is 174 cm³/mol. The zero-order chi connectivity index (χ0) is 31.0. The van der Waals surface area contributed by atoms with E-state index in [0.29, 0.717) is 0 Å². The summed E-state index contributed by atoms with van der Waals surface area (Å²) in [4.78, 5) is 28.4. The lowest BCUT2D eigenvalue weighted by atomic mass is 10.1. The molecule has 226 valence electrons. The Morgan fingerprint density at radius 2 is 1.83 bits per heavy atom. The number of carbonyl (C=O) groups excluding carboxylic acids is 1. The number of rotatable bonds is 9. The fraction of sp³-hybridized carbons (Fsp3) is 0.333. The molecule has 3 aromatic heterocycles. The summed E-state index contributed by atoms with van der Waals surface area (Å²) >= 11 is 7.01. The van der Waals surface area contributed by atoms with Crippen molar-refractivity contribution in [2.24, 2.45) is 0 Å². The van der Waals surface area contributed by atoms with Crippen molar-refractivity contribution < 1.29 is 30.8 Å². The van der Waals surface area contributed by atoms with Crippen molar-refractivity contribution in [3.8, 4) is 11.3 Å². The lowest BCUT2D eigenvalue weighted by Crippen LogP contribution is -2.48. The van der Waals surface area contributed by atoms with E-state index in [-0.39, 0.29) is 39.0 Å². The fourth-order valence-corrected chi connectivity index (χ4v) is 7.77. The highest BCUT2D eigenvalue weighted by Gasteiger charge is 2.49. The smallest absolute Gasteiger partial charge is 0.351 e. The van der Waals surface area contributed by atoms with Crippen LogP contribution in [0.2, 0.25) is 5.15 Å². The van der Waals surface area contributed by atoms with Gasteiger partial charge in [0.1, 0.15) is 22.3 Å². The molecule has 18 heteroatoms. The highest BCUT2D eigenvalue weighted by Crippen LogP contribution is 2.45. The molecule has 1 amide bonds. The molecule has 0 radical (unpaired) electrons. The van der Waals surface area contributed by atoms with Crippen LogP contribution in [0.15, 0.2) is 47.9 Å². The fourth-order valence-electron chi connectivity index (χ4n) is 4.24. The molecule has 1 N–H and O–H groups in total. The summed E-state index contributed by atoms with van der Waals surface area (Å²) in [5.41, 5.74) is 0.889. The summed E-state index contributed by atoms with van der Waals surface area (Å²) in [6.07, 6.45) is 2.56. The van der Waals surface area contributed by atoms with Crippen LogP contribution in [0.25, 0.3) is 11.3 Å². The zero-order valence-electron chi connectivity index (χ0n) is 21.3. The Balaban J connectivity index is 1.63. The number of hydrogen-bond acceptors (Lipinski definition) is 7. The molecular weight excluding hydrogens is 945 g/mol. The molecule has 4 rings (SSSR count). The van der Waals surface area contributed by atoms with Gasteiger partial charge >= 0.3 is 3.93 Å². The second kappa shape index (κ2) is 13.1. The summed E-state index contributed by atoms with van der Waals surface area (Å²) < 4.78 is 83.5. The maximum Gasteiger partial charge on any atom is 0.354 e. The van der Waals surface area contributed by atoms with Gasteiger partial charge in [-0.25, -0.2) is 32.2 Å². The summed E-state index contributed by atoms with van der Waals surface area (Å²) in [7, 11) is -4.34. The number of carbonyl (C=O) groups is 1. The van der Waals surface area contributed by atoms with Gasteiger partial charge in [-0.3, -0.25) is 9.78 Å². The third-order valence-electron chi connectivity index (χ3n) is 6.38. The summed E-state index contributed by atoms with van der Waals surface area (Å²) in [5.74, 6) is -1.49. The van der Waals surface area contributed by atoms with E-state index in [1.165, 1.54) is 31.3 Å². The number of halogens is 8. The Bertz CT molecular complexity index is 1600. The van der Waals surface area contributed by atoms with Crippen LogP contribution >= 0.6 is 77.5 Å². The first kappa shape index (κ1) is 33.7. The standard InChI is InChI=1S/C24H20ClF4I3N6O3S/c1-12-17(26)6-19(38(12)42(40,41)15-3-4-20(25)34-10-15)21(39)35-7-13-5-18(33-11-16(13)24(29,31)32-2)14-8-36-22(37-9-14)23(27,28)30/h3-5,8-12,17,19H,2,6-7H2,1H3,(H,35,39)/t12-,17+,19-,24?/m0/s1. The third-order valence-corrected chi connectivity index (χ3v) is 13.1. The van der Waals surface area contributed by atoms with Crippen LogP contribution in [0.5, 0.6) is 0 Å². The minimum Gasteiger partial charge on any atom is -0.351 e. The molecule has 1 saturated heterocycles. The molecule has 0 bridgehead atoms. The van der Waals surface area contributed by atoms with E-state index >= 15 is 4.39 Å². The number of nitrogens with one attached hydrogen (secondary N) is 1. The van der Waals surface area contributed by atoms with E-state index in [9.17, 15) is 26.4 Å². The van der Waals surface area contributed by atoms with E-state index in [0.717, 1.165) is 45.5 Å². The number of pyridine rings is 2. The molecule has 0 aliphatic carbocycles. The molecule has 0 saturated carbocycles. The topological polar surface area (TPSA) is 118 Å². The highest BCUT2D eigenvalue weighted by atomic mass is 127. The Morgan fingerprint density at radius 1 is 1.17 bits per heavy atom. The predicted octanol–water partition coefficient (Wildman–Crippen LogP) is 5.79. The van der Waals surface area contributed by atoms with E-state index in [1.54, 1.807) is 22.6 Å². The monoisotopic (exact) mass is 964 g/mol. The molecular formula is C24H20ClF4I3N6O3S. The maximum absolute atomic E-state index is 15.5. The normalized spacial score (nSPS) is 21.2. The number of sulfonamides is 1. The number of amides is 1. The number of hydrogen-bond donors (Lipinski definition) is 1. The quantitative estimate of drug-likeness (QED) is 0.125. The number of alkyl halides is 7. The first-order valence-corrected chi connectivity index (χ1v) is 18.4. The van der Waals surface area contributed by atoms with Crippen LogP contribution in [-0.4, -0.2) is 61.3 Å². The van der Waals surface area contributed by atoms with E-state index in [1.807, 2.05) is 0 Å². The molecule has 4 heterocycles. The molecule has 0 spiro atoms. The molecule has 1 aliphatic heterocycles. The van der Waals surface area contributed by atoms with Crippen LogP contribution < -0.4 is 5.32 Å². The van der Waals surface area contributed by atoms with Crippen molar-refractivity contribution >= 4 is 98.0 Å². The Morgan fingerprint density at radius 3 is 2.40 bits per heavy atom. The zero-order valence-corrected chi connectivity index (χ0v) is 29.3. The summed E-state index contributed by atoms with van der Waals surface area (Å²) in [6.45, 7) is 1.09. The van der Waals surface area contributed by atoms with Gasteiger partial charge in [-0.15, -0.1) is 0 Å². The van der Waals surface area contributed by atoms with Crippen LogP contribution in [0.3, 0.4) is 0 Å². The van der Waals surface area contributed by atoms with E-state index in [4.69, 9.17) is 11.6 Å².